The Labute approximate surface area is 248 Å². The van der Waals surface area contributed by atoms with Crippen LogP contribution in [0, 0.1) is 5.41 Å². The first-order valence-electron chi connectivity index (χ1n) is 14.0. The van der Waals surface area contributed by atoms with Crippen molar-refractivity contribution in [3.8, 4) is 0 Å². The van der Waals surface area contributed by atoms with Crippen LogP contribution in [0.5, 0.6) is 0 Å². The maximum absolute atomic E-state index is 13.2. The van der Waals surface area contributed by atoms with Crippen molar-refractivity contribution in [3.63, 3.8) is 0 Å². The zero-order chi connectivity index (χ0) is 28.7. The van der Waals surface area contributed by atoms with E-state index >= 15 is 0 Å². The number of hydrogen-bond acceptors (Lipinski definition) is 6. The molecule has 2 aromatic carbocycles. The van der Waals surface area contributed by atoms with Crippen LogP contribution in [0.25, 0.3) is 0 Å². The molecule has 4 rings (SSSR count). The van der Waals surface area contributed by atoms with Gasteiger partial charge in [-0.05, 0) is 80.5 Å². The number of sulfonamides is 1. The zero-order valence-electron chi connectivity index (χ0n) is 23.4. The minimum absolute atomic E-state index is 0. The van der Waals surface area contributed by atoms with E-state index in [1.54, 1.807) is 34.1 Å². The number of benzene rings is 2. The van der Waals surface area contributed by atoms with Gasteiger partial charge in [0.1, 0.15) is 18.0 Å². The lowest BCUT2D eigenvalue weighted by atomic mass is 9.97. The lowest BCUT2D eigenvalue weighted by molar-refractivity contribution is -0.152. The lowest BCUT2D eigenvalue weighted by Crippen LogP contribution is -2.45. The molecule has 12 heteroatoms. The summed E-state index contributed by atoms with van der Waals surface area (Å²) in [7, 11) is -3.65. The van der Waals surface area contributed by atoms with Crippen molar-refractivity contribution in [1.29, 1.82) is 5.41 Å². The van der Waals surface area contributed by atoms with E-state index < -0.39 is 22.0 Å². The van der Waals surface area contributed by atoms with Crippen LogP contribution in [0.4, 0.5) is 16.2 Å². The number of carbonyl (C=O) groups is 2. The van der Waals surface area contributed by atoms with Gasteiger partial charge < -0.3 is 10.5 Å². The number of rotatable bonds is 12. The molecule has 0 spiro atoms. The normalized spacial score (nSPS) is 16.8. The molecule has 1 aliphatic carbocycles. The van der Waals surface area contributed by atoms with Crippen LogP contribution in [-0.2, 0) is 26.0 Å². The first-order valence-corrected chi connectivity index (χ1v) is 15.6. The number of amides is 2. The second-order valence-corrected chi connectivity index (χ2v) is 12.3. The van der Waals surface area contributed by atoms with Crippen molar-refractivity contribution < 1.29 is 22.7 Å². The number of amidine groups is 1. The summed E-state index contributed by atoms with van der Waals surface area (Å²) < 4.78 is 33.6. The van der Waals surface area contributed by atoms with E-state index in [-0.39, 0.29) is 42.6 Å². The van der Waals surface area contributed by atoms with Gasteiger partial charge in [-0.25, -0.2) is 17.9 Å². The Hall–Kier alpha value is -3.15. The van der Waals surface area contributed by atoms with Crippen molar-refractivity contribution in [2.24, 2.45) is 5.73 Å². The van der Waals surface area contributed by atoms with Crippen LogP contribution < -0.4 is 20.3 Å². The van der Waals surface area contributed by atoms with Gasteiger partial charge in [-0.1, -0.05) is 31.9 Å². The van der Waals surface area contributed by atoms with Crippen LogP contribution in [0.3, 0.4) is 0 Å². The number of halogens is 1. The van der Waals surface area contributed by atoms with E-state index in [1.807, 2.05) is 31.2 Å². The van der Waals surface area contributed by atoms with E-state index in [2.05, 4.69) is 4.72 Å². The number of esters is 1. The predicted molar refractivity (Wildman–Crippen MR) is 164 cm³/mol. The molecule has 2 aromatic rings. The molecule has 41 heavy (non-hydrogen) atoms. The third-order valence-electron chi connectivity index (χ3n) is 7.39. The molecule has 2 aliphatic rings. The second-order valence-electron chi connectivity index (χ2n) is 10.5. The van der Waals surface area contributed by atoms with Crippen molar-refractivity contribution in [2.75, 3.05) is 28.6 Å². The number of hydrogen-bond donors (Lipinski definition) is 3. The zero-order valence-corrected chi connectivity index (χ0v) is 25.0. The van der Waals surface area contributed by atoms with Crippen LogP contribution in [0.1, 0.15) is 63.0 Å². The van der Waals surface area contributed by atoms with E-state index in [1.165, 1.54) is 0 Å². The van der Waals surface area contributed by atoms with E-state index in [0.717, 1.165) is 49.8 Å². The fraction of sp³-hybridized carbons (Fsp3) is 0.483. The topological polar surface area (TPSA) is 146 Å². The van der Waals surface area contributed by atoms with Crippen molar-refractivity contribution in [2.45, 2.75) is 70.4 Å². The summed E-state index contributed by atoms with van der Waals surface area (Å²) in [6.07, 6.45) is 5.96. The first-order chi connectivity index (χ1) is 19.2. The van der Waals surface area contributed by atoms with Gasteiger partial charge in [0, 0.05) is 30.0 Å². The Balaban J connectivity index is 0.00000462. The number of anilines is 2. The number of carbonyl (C=O) groups excluding carboxylic acids is 2. The summed E-state index contributed by atoms with van der Waals surface area (Å²) in [5.41, 5.74) is 8.32. The average Bonchev–Trinajstić information content (AvgIpc) is 3.33. The quantitative estimate of drug-likeness (QED) is 0.186. The molecule has 1 aliphatic heterocycles. The highest BCUT2D eigenvalue weighted by molar-refractivity contribution is 7.89. The molecule has 1 unspecified atom stereocenters. The molecule has 0 aromatic heterocycles. The first kappa shape index (κ1) is 32.4. The van der Waals surface area contributed by atoms with Crippen LogP contribution in [-0.4, -0.2) is 57.2 Å². The third kappa shape index (κ3) is 8.67. The molecule has 1 atom stereocenters. The van der Waals surface area contributed by atoms with E-state index in [4.69, 9.17) is 15.9 Å². The number of nitrogens with two attached hydrogens (primary N) is 1. The van der Waals surface area contributed by atoms with Crippen molar-refractivity contribution >= 4 is 51.6 Å². The summed E-state index contributed by atoms with van der Waals surface area (Å²) >= 11 is 0. The van der Waals surface area contributed by atoms with Gasteiger partial charge in [0.25, 0.3) is 0 Å². The Morgan fingerprint density at radius 2 is 1.59 bits per heavy atom. The largest absolute Gasteiger partial charge is 0.461 e. The third-order valence-corrected chi connectivity index (χ3v) is 8.86. The fourth-order valence-corrected chi connectivity index (χ4v) is 6.50. The summed E-state index contributed by atoms with van der Waals surface area (Å²) in [6.45, 7) is 2.93. The highest BCUT2D eigenvalue weighted by Gasteiger charge is 2.32. The van der Waals surface area contributed by atoms with Gasteiger partial charge in [-0.3, -0.25) is 20.0 Å². The molecule has 0 radical (unpaired) electrons. The minimum Gasteiger partial charge on any atom is -0.461 e. The smallest absolute Gasteiger partial charge is 0.329 e. The number of nitrogen functional groups attached to an aromatic ring is 1. The molecule has 4 N–H and O–H groups in total. The SMILES string of the molecule is CCCCS(=O)(=O)NC(Cc1ccc(N2CCN(c3ccc(C(=N)N)cc3)C2=O)cc1)C(=O)OC1CCCCC1.Cl. The summed E-state index contributed by atoms with van der Waals surface area (Å²) in [5.74, 6) is -0.614. The Morgan fingerprint density at radius 3 is 2.12 bits per heavy atom. The maximum Gasteiger partial charge on any atom is 0.329 e. The highest BCUT2D eigenvalue weighted by atomic mass is 35.5. The van der Waals surface area contributed by atoms with Gasteiger partial charge in [-0.2, -0.15) is 0 Å². The molecule has 0 bridgehead atoms. The molecule has 2 fully saturated rings. The monoisotopic (exact) mass is 605 g/mol. The molecule has 10 nitrogen and oxygen atoms in total. The van der Waals surface area contributed by atoms with Crippen molar-refractivity contribution in [3.05, 3.63) is 59.7 Å². The Kier molecular flexibility index (Phi) is 11.6. The summed E-state index contributed by atoms with van der Waals surface area (Å²) in [5, 5.41) is 7.54. The molecule has 1 saturated carbocycles. The van der Waals surface area contributed by atoms with Gasteiger partial charge in [-0.15, -0.1) is 12.4 Å². The van der Waals surface area contributed by atoms with Gasteiger partial charge >= 0.3 is 12.0 Å². The number of nitrogens with one attached hydrogen (secondary N) is 2. The van der Waals surface area contributed by atoms with E-state index in [0.29, 0.717) is 30.8 Å². The molecule has 224 valence electrons. The Bertz CT molecular complexity index is 1300. The number of nitrogens with zero attached hydrogens (tertiary/aromatic N) is 2. The average molecular weight is 606 g/mol. The number of ether oxygens (including phenoxy) is 1. The lowest BCUT2D eigenvalue weighted by Gasteiger charge is -2.25. The van der Waals surface area contributed by atoms with Crippen LogP contribution in [0.15, 0.2) is 48.5 Å². The number of unbranched alkanes of at least 4 members (excludes halogenated alkanes) is 1. The predicted octanol–water partition coefficient (Wildman–Crippen LogP) is 4.35. The molecule has 1 heterocycles. The van der Waals surface area contributed by atoms with Crippen LogP contribution in [0.2, 0.25) is 0 Å². The molecular weight excluding hydrogens is 566 g/mol. The fourth-order valence-electron chi connectivity index (χ4n) is 5.10. The molecule has 1 saturated heterocycles. The van der Waals surface area contributed by atoms with Gasteiger partial charge in [0.2, 0.25) is 10.0 Å². The highest BCUT2D eigenvalue weighted by Crippen LogP contribution is 2.26. The molecular formula is C29H40ClN5O5S. The van der Waals surface area contributed by atoms with Gasteiger partial charge in [0.05, 0.1) is 5.75 Å². The standard InChI is InChI=1S/C29H39N5O5S.ClH/c1-2-3-19-40(37,38)32-26(28(35)39-25-7-5-4-6-8-25)20-21-9-13-23(14-10-21)33-17-18-34(29(33)36)24-15-11-22(12-16-24)27(30)31;/h9-16,25-26,32H,2-8,17-20H2,1H3,(H3,30,31);1H. The maximum atomic E-state index is 13.2. The Morgan fingerprint density at radius 1 is 1.02 bits per heavy atom. The van der Waals surface area contributed by atoms with Crippen molar-refractivity contribution in [1.82, 2.24) is 4.72 Å². The van der Waals surface area contributed by atoms with E-state index in [9.17, 15) is 18.0 Å². The second kappa shape index (κ2) is 14.7. The minimum atomic E-state index is -3.65. The van der Waals surface area contributed by atoms with Crippen LogP contribution >= 0.6 is 12.4 Å². The summed E-state index contributed by atoms with van der Waals surface area (Å²) in [4.78, 5) is 29.6. The number of urea groups is 1. The summed E-state index contributed by atoms with van der Waals surface area (Å²) in [6, 6.07) is 13.0. The van der Waals surface area contributed by atoms with Gasteiger partial charge in [0.15, 0.2) is 0 Å². The molecule has 2 amide bonds.